The van der Waals surface area contributed by atoms with Crippen molar-refractivity contribution in [2.45, 2.75) is 38.5 Å². The number of nitrogens with zero attached hydrogens (tertiary/aromatic N) is 2. The average Bonchev–Trinajstić information content (AvgIpc) is 3.01. The van der Waals surface area contributed by atoms with Crippen LogP contribution in [-0.4, -0.2) is 46.5 Å². The van der Waals surface area contributed by atoms with Crippen LogP contribution in [0.3, 0.4) is 0 Å². The van der Waals surface area contributed by atoms with Crippen LogP contribution in [0.4, 0.5) is 0 Å². The Kier molecular flexibility index (Phi) is 5.55. The summed E-state index contributed by atoms with van der Waals surface area (Å²) in [4.78, 5) is 17.6. The number of carbonyl (C=O) groups is 1. The fourth-order valence-corrected chi connectivity index (χ4v) is 4.44. The molecule has 3 heterocycles. The minimum absolute atomic E-state index is 0.0426. The number of benzene rings is 2. The smallest absolute Gasteiger partial charge is 0.227 e. The normalized spacial score (nSPS) is 22.6. The molecule has 3 saturated heterocycles. The summed E-state index contributed by atoms with van der Waals surface area (Å²) in [5.74, 6) is 0.804. The van der Waals surface area contributed by atoms with E-state index in [1.807, 2.05) is 24.3 Å². The molecule has 0 radical (unpaired) electrons. The number of fused-ring (bicyclic) bond motifs is 4. The van der Waals surface area contributed by atoms with Gasteiger partial charge in [0.05, 0.1) is 13.0 Å². The van der Waals surface area contributed by atoms with Gasteiger partial charge in [0.1, 0.15) is 0 Å². The molecule has 2 atom stereocenters. The first kappa shape index (κ1) is 18.2. The van der Waals surface area contributed by atoms with E-state index in [-0.39, 0.29) is 12.5 Å². The molecule has 4 heteroatoms. The maximum absolute atomic E-state index is 12.9. The molecule has 3 aliphatic rings. The van der Waals surface area contributed by atoms with Gasteiger partial charge in [-0.25, -0.2) is 0 Å². The fourth-order valence-electron chi connectivity index (χ4n) is 4.44. The van der Waals surface area contributed by atoms with Gasteiger partial charge in [-0.2, -0.15) is 0 Å². The summed E-state index contributed by atoms with van der Waals surface area (Å²) in [5, 5.41) is 9.16. The molecular formula is C23H28N2O2. The number of rotatable bonds is 5. The Morgan fingerprint density at radius 2 is 1.63 bits per heavy atom. The Balaban J connectivity index is 1.40. The van der Waals surface area contributed by atoms with E-state index in [4.69, 9.17) is 5.11 Å². The topological polar surface area (TPSA) is 43.8 Å². The highest BCUT2D eigenvalue weighted by atomic mass is 16.3. The molecule has 0 aromatic heterocycles. The molecule has 2 aromatic carbocycles. The second kappa shape index (κ2) is 8.24. The first-order valence-corrected chi connectivity index (χ1v) is 9.95. The van der Waals surface area contributed by atoms with E-state index in [1.54, 1.807) is 0 Å². The molecular weight excluding hydrogens is 336 g/mol. The fraction of sp³-hybridized carbons (Fsp3) is 0.435. The summed E-state index contributed by atoms with van der Waals surface area (Å²) in [7, 11) is 0. The quantitative estimate of drug-likeness (QED) is 0.887. The van der Waals surface area contributed by atoms with Crippen LogP contribution in [0.25, 0.3) is 0 Å². The summed E-state index contributed by atoms with van der Waals surface area (Å²) in [5.41, 5.74) is 3.26. The lowest BCUT2D eigenvalue weighted by atomic mass is 9.94. The van der Waals surface area contributed by atoms with Gasteiger partial charge in [-0.1, -0.05) is 54.6 Å². The third kappa shape index (κ3) is 4.40. The molecule has 5 rings (SSSR count). The lowest BCUT2D eigenvalue weighted by Crippen LogP contribution is -2.44. The lowest BCUT2D eigenvalue weighted by Gasteiger charge is -2.36. The Morgan fingerprint density at radius 3 is 2.37 bits per heavy atom. The van der Waals surface area contributed by atoms with Crippen LogP contribution in [-0.2, 0) is 24.4 Å². The summed E-state index contributed by atoms with van der Waals surface area (Å²) in [6.45, 7) is 3.84. The molecule has 2 bridgehead atoms. The second-order valence-corrected chi connectivity index (χ2v) is 7.96. The molecule has 3 fully saturated rings. The molecule has 4 nitrogen and oxygen atoms in total. The van der Waals surface area contributed by atoms with E-state index < -0.39 is 0 Å². The van der Waals surface area contributed by atoms with Gasteiger partial charge < -0.3 is 10.0 Å². The van der Waals surface area contributed by atoms with Crippen molar-refractivity contribution in [2.24, 2.45) is 5.92 Å². The Morgan fingerprint density at radius 1 is 0.889 bits per heavy atom. The zero-order valence-electron chi connectivity index (χ0n) is 15.8. The van der Waals surface area contributed by atoms with E-state index in [9.17, 15) is 4.79 Å². The average molecular weight is 364 g/mol. The van der Waals surface area contributed by atoms with E-state index in [0.29, 0.717) is 18.4 Å². The first-order chi connectivity index (χ1) is 13.2. The standard InChI is InChI=1S/C23H28N2O2/c26-17-20-8-6-18(7-9-20)12-23(27)25-15-21-10-11-22(16-25)24(14-21)13-19-4-2-1-3-5-19/h1-9,21-22,26H,10-17H2/t21-,22-/m1/s1. The highest BCUT2D eigenvalue weighted by Crippen LogP contribution is 2.29. The van der Waals surface area contributed by atoms with E-state index in [1.165, 1.54) is 18.4 Å². The van der Waals surface area contributed by atoms with Crippen LogP contribution in [0.1, 0.15) is 29.5 Å². The van der Waals surface area contributed by atoms with Gasteiger partial charge in [0.2, 0.25) is 5.91 Å². The molecule has 142 valence electrons. The summed E-state index contributed by atoms with van der Waals surface area (Å²) in [6, 6.07) is 18.8. The summed E-state index contributed by atoms with van der Waals surface area (Å²) in [6.07, 6.45) is 2.86. The van der Waals surface area contributed by atoms with Crippen molar-refractivity contribution in [3.63, 3.8) is 0 Å². The van der Waals surface area contributed by atoms with Gasteiger partial charge in [-0.3, -0.25) is 9.69 Å². The maximum atomic E-state index is 12.9. The largest absolute Gasteiger partial charge is 0.392 e. The van der Waals surface area contributed by atoms with Crippen molar-refractivity contribution in [2.75, 3.05) is 19.6 Å². The van der Waals surface area contributed by atoms with Gasteiger partial charge in [0, 0.05) is 32.2 Å². The van der Waals surface area contributed by atoms with Crippen LogP contribution < -0.4 is 0 Å². The molecule has 2 aromatic rings. The molecule has 27 heavy (non-hydrogen) atoms. The highest BCUT2D eigenvalue weighted by molar-refractivity contribution is 5.79. The highest BCUT2D eigenvalue weighted by Gasteiger charge is 2.36. The predicted molar refractivity (Wildman–Crippen MR) is 106 cm³/mol. The number of carbonyl (C=O) groups excluding carboxylic acids is 1. The lowest BCUT2D eigenvalue weighted by molar-refractivity contribution is -0.130. The molecule has 0 unspecified atom stereocenters. The van der Waals surface area contributed by atoms with E-state index in [0.717, 1.165) is 37.3 Å². The van der Waals surface area contributed by atoms with Crippen LogP contribution in [0.2, 0.25) is 0 Å². The molecule has 0 aliphatic carbocycles. The van der Waals surface area contributed by atoms with Crippen molar-refractivity contribution in [3.8, 4) is 0 Å². The Labute approximate surface area is 161 Å². The first-order valence-electron chi connectivity index (χ1n) is 9.95. The predicted octanol–water partition coefficient (Wildman–Crippen LogP) is 2.84. The minimum atomic E-state index is 0.0426. The van der Waals surface area contributed by atoms with Crippen molar-refractivity contribution >= 4 is 5.91 Å². The molecule has 1 N–H and O–H groups in total. The van der Waals surface area contributed by atoms with Gasteiger partial charge in [0.25, 0.3) is 0 Å². The Bertz CT molecular complexity index is 760. The van der Waals surface area contributed by atoms with Crippen LogP contribution in [0, 0.1) is 5.92 Å². The number of hydrogen-bond donors (Lipinski definition) is 1. The minimum Gasteiger partial charge on any atom is -0.392 e. The number of hydrogen-bond acceptors (Lipinski definition) is 3. The van der Waals surface area contributed by atoms with Gasteiger partial charge in [0.15, 0.2) is 0 Å². The van der Waals surface area contributed by atoms with Crippen molar-refractivity contribution < 1.29 is 9.90 Å². The SMILES string of the molecule is O=C(Cc1ccc(CO)cc1)N1C[C@@H]2CC[C@H](C1)N(Cc1ccccc1)C2. The number of aliphatic hydroxyl groups excluding tert-OH is 1. The zero-order chi connectivity index (χ0) is 18.6. The maximum Gasteiger partial charge on any atom is 0.227 e. The number of amides is 1. The van der Waals surface area contributed by atoms with Crippen molar-refractivity contribution in [1.82, 2.24) is 9.80 Å². The van der Waals surface area contributed by atoms with Gasteiger partial charge in [-0.05, 0) is 35.4 Å². The molecule has 0 spiro atoms. The molecule has 1 amide bonds. The Hall–Kier alpha value is -2.17. The van der Waals surface area contributed by atoms with Crippen molar-refractivity contribution in [1.29, 1.82) is 0 Å². The van der Waals surface area contributed by atoms with Gasteiger partial charge in [-0.15, -0.1) is 0 Å². The van der Waals surface area contributed by atoms with Gasteiger partial charge >= 0.3 is 0 Å². The zero-order valence-corrected chi connectivity index (χ0v) is 15.8. The third-order valence-corrected chi connectivity index (χ3v) is 5.97. The van der Waals surface area contributed by atoms with E-state index >= 15 is 0 Å². The second-order valence-electron chi connectivity index (χ2n) is 7.96. The third-order valence-electron chi connectivity index (χ3n) is 5.97. The number of aliphatic hydroxyl groups is 1. The summed E-state index contributed by atoms with van der Waals surface area (Å²) < 4.78 is 0. The van der Waals surface area contributed by atoms with Crippen LogP contribution in [0.5, 0.6) is 0 Å². The molecule has 0 saturated carbocycles. The van der Waals surface area contributed by atoms with Crippen molar-refractivity contribution in [3.05, 3.63) is 71.3 Å². The number of piperidine rings is 1. The van der Waals surface area contributed by atoms with Crippen LogP contribution in [0.15, 0.2) is 54.6 Å². The van der Waals surface area contributed by atoms with Crippen LogP contribution >= 0.6 is 0 Å². The monoisotopic (exact) mass is 364 g/mol. The molecule has 3 aliphatic heterocycles. The summed E-state index contributed by atoms with van der Waals surface area (Å²) >= 11 is 0. The van der Waals surface area contributed by atoms with E-state index in [2.05, 4.69) is 40.1 Å².